The Bertz CT molecular complexity index is 7040. The van der Waals surface area contributed by atoms with Crippen molar-refractivity contribution in [2.75, 3.05) is 13.6 Å². The van der Waals surface area contributed by atoms with Crippen LogP contribution in [0.15, 0.2) is 0 Å². The number of quaternary nitrogens is 1. The summed E-state index contributed by atoms with van der Waals surface area (Å²) in [4.78, 5) is 0. The fourth-order valence-corrected chi connectivity index (χ4v) is 27.1. The van der Waals surface area contributed by atoms with E-state index in [4.69, 9.17) is 0 Å². The van der Waals surface area contributed by atoms with Gasteiger partial charge in [-0.2, -0.15) is 0 Å². The Hall–Kier alpha value is -7.62. The van der Waals surface area contributed by atoms with Gasteiger partial charge in [-0.1, -0.05) is 45.4 Å². The zero-order valence-electron chi connectivity index (χ0n) is 39.8. The van der Waals surface area contributed by atoms with Crippen molar-refractivity contribution in [3.8, 4) is 0 Å². The molecular weight excluding hydrogens is 895 g/mol. The van der Waals surface area contributed by atoms with Gasteiger partial charge in [-0.25, -0.2) is 0 Å². The quantitative estimate of drug-likeness (QED) is 0.0645. The van der Waals surface area contributed by atoms with Crippen LogP contribution in [0.2, 0.25) is 0 Å². The molecule has 74 heavy (non-hydrogen) atoms. The summed E-state index contributed by atoms with van der Waals surface area (Å²) < 4.78 is -0.132. The van der Waals surface area contributed by atoms with Crippen molar-refractivity contribution in [1.82, 2.24) is 0 Å². The summed E-state index contributed by atoms with van der Waals surface area (Å²) in [7, 11) is 2.22. The van der Waals surface area contributed by atoms with E-state index in [2.05, 4.69) is 14.0 Å². The van der Waals surface area contributed by atoms with E-state index in [0.29, 0.717) is 6.54 Å². The van der Waals surface area contributed by atoms with Gasteiger partial charge >= 0.3 is 0 Å². The Labute approximate surface area is 409 Å². The lowest BCUT2D eigenvalue weighted by molar-refractivity contribution is -0.876. The van der Waals surface area contributed by atoms with Crippen molar-refractivity contribution in [3.05, 3.63) is 27.5 Å². The predicted molar refractivity (Wildman–Crippen MR) is 315 cm³/mol. The summed E-state index contributed by atoms with van der Waals surface area (Å²) in [5.74, 6) is 0. The van der Waals surface area contributed by atoms with Crippen LogP contribution < -0.4 is 0 Å². The van der Waals surface area contributed by atoms with Gasteiger partial charge in [0.1, 0.15) is 6.04 Å². The van der Waals surface area contributed by atoms with Crippen LogP contribution in [0.25, 0.3) is 291 Å². The smallest absolute Gasteiger partial charge is 0.104 e. The second kappa shape index (κ2) is 7.03. The van der Waals surface area contributed by atoms with Gasteiger partial charge in [-0.15, -0.1) is 0 Å². The number of hydroxylamine groups is 3. The van der Waals surface area contributed by atoms with Gasteiger partial charge in [-0.3, -0.25) is 0 Å². The molecule has 2 spiro atoms. The molecular formula is C72H25NO. The maximum atomic E-state index is 17.3. The minimum Gasteiger partial charge on any atom is -0.633 e. The van der Waals surface area contributed by atoms with Gasteiger partial charge in [0, 0.05) is 6.42 Å². The minimum atomic E-state index is -0.447. The van der Waals surface area contributed by atoms with Crippen LogP contribution in [0.4, 0.5) is 0 Å². The lowest BCUT2D eigenvalue weighted by Gasteiger charge is -2.50. The van der Waals surface area contributed by atoms with Crippen molar-refractivity contribution < 1.29 is 4.65 Å². The number of nitrogens with zero attached hydrogens (tertiary/aromatic N) is 1. The average molecular weight is 920 g/mol. The SMILES string of the molecule is CCCCCCCCCC1C23c4c5c6c7c8c9c(c%10c%11c2c2c4c4c%12c5c5c6c6c8c8c%13c9c9c%10c%10c%11c%11c2c2c4c4c%12c%12c5c5c6c8c6c8c%13c9c9c%10c%10c%11c2c2c4c4c%12c5c6c5c8c9c%10c2c45)C73C[N+]1(C)[O-]. The summed E-state index contributed by atoms with van der Waals surface area (Å²) in [6.07, 6.45) is 9.97. The number of likely N-dealkylation sites (tertiary alicyclic amines) is 1. The molecule has 2 unspecified atom stereocenters. The van der Waals surface area contributed by atoms with Crippen molar-refractivity contribution in [2.45, 2.75) is 75.2 Å². The second-order valence-corrected chi connectivity index (χ2v) is 28.2. The molecule has 1 fully saturated rings. The Balaban J connectivity index is 1.06. The highest BCUT2D eigenvalue weighted by molar-refractivity contribution is 6.82. The molecule has 0 saturated carbocycles. The molecule has 28 aromatic carbocycles. The molecule has 1 saturated heterocycles. The highest BCUT2D eigenvalue weighted by Crippen LogP contribution is 2.86. The van der Waals surface area contributed by atoms with Crippen LogP contribution in [0.3, 0.4) is 0 Å². The maximum Gasteiger partial charge on any atom is 0.104 e. The first-order chi connectivity index (χ1) is 36.6. The van der Waals surface area contributed by atoms with Crippen molar-refractivity contribution in [2.24, 2.45) is 0 Å². The van der Waals surface area contributed by atoms with Crippen LogP contribution in [0.1, 0.15) is 80.5 Å². The number of hydrogen-bond acceptors (Lipinski definition) is 1. The third-order valence-electron chi connectivity index (χ3n) is 27.4. The van der Waals surface area contributed by atoms with E-state index < -0.39 is 10.8 Å². The van der Waals surface area contributed by atoms with E-state index in [1.807, 2.05) is 0 Å². The molecule has 5 aliphatic rings. The van der Waals surface area contributed by atoms with E-state index in [1.165, 1.54) is 38.5 Å². The molecule has 0 aromatic heterocycles. The van der Waals surface area contributed by atoms with Gasteiger partial charge in [-0.05, 0) is 320 Å². The Morgan fingerprint density at radius 1 is 0.284 bits per heavy atom. The second-order valence-electron chi connectivity index (χ2n) is 28.2. The molecule has 4 aliphatic carbocycles. The lowest BCUT2D eigenvalue weighted by Crippen LogP contribution is -2.55. The molecule has 0 amide bonds. The van der Waals surface area contributed by atoms with Gasteiger partial charge in [0.05, 0.1) is 24.4 Å². The fraction of sp³-hybridized carbons (Fsp3) is 0.194. The molecule has 33 rings (SSSR count). The van der Waals surface area contributed by atoms with Gasteiger partial charge < -0.3 is 9.85 Å². The third kappa shape index (κ3) is 1.68. The zero-order chi connectivity index (χ0) is 44.9. The summed E-state index contributed by atoms with van der Waals surface area (Å²) in [6, 6.07) is -0.0612. The first-order valence-electron chi connectivity index (χ1n) is 29.0. The topological polar surface area (TPSA) is 23.1 Å². The number of likely N-dealkylation sites (N-methyl/N-ethyl adjacent to an activating group) is 1. The van der Waals surface area contributed by atoms with E-state index >= 15 is 5.21 Å². The van der Waals surface area contributed by atoms with Crippen molar-refractivity contribution >= 4 is 291 Å². The van der Waals surface area contributed by atoms with Crippen molar-refractivity contribution in [1.29, 1.82) is 0 Å². The number of benzene rings is 18. The molecule has 2 nitrogen and oxygen atoms in total. The largest absolute Gasteiger partial charge is 0.633 e. The Morgan fingerprint density at radius 2 is 0.473 bits per heavy atom. The third-order valence-corrected chi connectivity index (χ3v) is 27.4. The van der Waals surface area contributed by atoms with Gasteiger partial charge in [0.2, 0.25) is 0 Å². The van der Waals surface area contributed by atoms with Crippen LogP contribution in [0, 0.1) is 5.21 Å². The molecule has 0 N–H and O–H groups in total. The molecule has 28 aromatic rings. The normalized spacial score (nSPS) is 25.1. The Morgan fingerprint density at radius 3 is 0.703 bits per heavy atom. The molecule has 1 heterocycles. The Kier molecular flexibility index (Phi) is 2.84. The molecule has 1 aliphatic heterocycles. The summed E-state index contributed by atoms with van der Waals surface area (Å²) >= 11 is 0. The van der Waals surface area contributed by atoms with Crippen LogP contribution in [-0.2, 0) is 10.8 Å². The van der Waals surface area contributed by atoms with E-state index in [1.54, 1.807) is 313 Å². The van der Waals surface area contributed by atoms with E-state index in [-0.39, 0.29) is 10.7 Å². The average Bonchev–Trinajstić information content (AvgIpc) is 4.23. The van der Waals surface area contributed by atoms with Crippen LogP contribution in [0.5, 0.6) is 0 Å². The molecule has 324 valence electrons. The molecule has 0 bridgehead atoms. The summed E-state index contributed by atoms with van der Waals surface area (Å²) in [5, 5.41) is 106. The highest BCUT2D eigenvalue weighted by Gasteiger charge is 2.79. The predicted octanol–water partition coefficient (Wildman–Crippen LogP) is 19.8. The lowest BCUT2D eigenvalue weighted by atomic mass is 9.48. The highest BCUT2D eigenvalue weighted by atomic mass is 16.5. The first kappa shape index (κ1) is 29.9. The first-order valence-corrected chi connectivity index (χ1v) is 29.0. The summed E-state index contributed by atoms with van der Waals surface area (Å²) in [6.45, 7) is 3.00. The van der Waals surface area contributed by atoms with Gasteiger partial charge in [0.15, 0.2) is 0 Å². The van der Waals surface area contributed by atoms with Gasteiger partial charge in [0.25, 0.3) is 0 Å². The molecule has 2 atom stereocenters. The monoisotopic (exact) mass is 919 g/mol. The van der Waals surface area contributed by atoms with Crippen LogP contribution >= 0.6 is 0 Å². The van der Waals surface area contributed by atoms with E-state index in [9.17, 15) is 0 Å². The van der Waals surface area contributed by atoms with E-state index in [0.717, 1.165) is 12.8 Å². The fourth-order valence-electron chi connectivity index (χ4n) is 27.1. The minimum absolute atomic E-state index is 0.0612. The number of unbranched alkanes of at least 4 members (excludes halogenated alkanes) is 6. The van der Waals surface area contributed by atoms with Crippen molar-refractivity contribution in [3.63, 3.8) is 0 Å². The standard InChI is InChI=1S/C72H25NO/c1-3-4-5-6-7-8-9-10-12-72-69-63-57-47-35-27-19-15-13-14-17-21(19)29(35)39-33-25(17)26-18(14)22-20-16(13)24-23(15)31-37(27)45-51-41(31)42-32(24)38-28(20)36-30(22)40-34(26)44-43(33)55(49(39)57)65(69)66-56(44)50(40)58-48(36)54-46(38)52(42)60-59(51)67(61(63)53(45)47)71(72,11-73(12,2)74)68(60)62(54)64(58)70(66)72/h12H,3-11H2,1-2H3. The summed E-state index contributed by atoms with van der Waals surface area (Å²) in [5.41, 5.74) is 5.79. The number of hydrogen-bond donors (Lipinski definition) is 0. The molecule has 2 heteroatoms. The zero-order valence-corrected chi connectivity index (χ0v) is 39.8. The molecule has 0 radical (unpaired) electrons. The maximum absolute atomic E-state index is 17.3. The number of rotatable bonds is 8. The van der Waals surface area contributed by atoms with Crippen LogP contribution in [-0.4, -0.2) is 24.3 Å².